The van der Waals surface area contributed by atoms with Gasteiger partial charge in [0.05, 0.1) is 13.0 Å². The quantitative estimate of drug-likeness (QED) is 0.717. The molecule has 0 aliphatic carbocycles. The number of hydrogen-bond acceptors (Lipinski definition) is 3. The van der Waals surface area contributed by atoms with Crippen molar-refractivity contribution >= 4 is 12.0 Å². The Labute approximate surface area is 131 Å². The molecule has 0 atom stereocenters. The summed E-state index contributed by atoms with van der Waals surface area (Å²) in [4.78, 5) is 11.2. The number of rotatable bonds is 7. The molecule has 0 saturated heterocycles. The minimum Gasteiger partial charge on any atom is -0.489 e. The van der Waals surface area contributed by atoms with Crippen LogP contribution in [0.4, 0.5) is 0 Å². The monoisotopic (exact) mass is 296 g/mol. The number of benzene rings is 2. The predicted molar refractivity (Wildman–Crippen MR) is 87.5 cm³/mol. The van der Waals surface area contributed by atoms with Crippen molar-refractivity contribution < 1.29 is 14.3 Å². The van der Waals surface area contributed by atoms with Gasteiger partial charge in [0.15, 0.2) is 0 Å². The third kappa shape index (κ3) is 5.44. The fourth-order valence-corrected chi connectivity index (χ4v) is 1.93. The van der Waals surface area contributed by atoms with Gasteiger partial charge in [-0.15, -0.1) is 0 Å². The average Bonchev–Trinajstić information content (AvgIpc) is 2.55. The molecule has 0 aromatic heterocycles. The molecule has 0 bridgehead atoms. The van der Waals surface area contributed by atoms with Crippen molar-refractivity contribution in [1.29, 1.82) is 0 Å². The zero-order valence-corrected chi connectivity index (χ0v) is 12.7. The second-order valence-electron chi connectivity index (χ2n) is 4.75. The first-order chi connectivity index (χ1) is 10.8. The van der Waals surface area contributed by atoms with Gasteiger partial charge < -0.3 is 9.47 Å². The van der Waals surface area contributed by atoms with Crippen molar-refractivity contribution in [2.75, 3.05) is 6.61 Å². The minimum atomic E-state index is -0.207. The van der Waals surface area contributed by atoms with Gasteiger partial charge in [-0.25, -0.2) is 0 Å². The summed E-state index contributed by atoms with van der Waals surface area (Å²) in [5.74, 6) is 0.618. The highest BCUT2D eigenvalue weighted by atomic mass is 16.5. The fraction of sp³-hybridized carbons (Fsp3) is 0.211. The van der Waals surface area contributed by atoms with Crippen LogP contribution in [0.25, 0.3) is 6.08 Å². The normalized spacial score (nSPS) is 10.6. The highest BCUT2D eigenvalue weighted by Gasteiger charge is 1.98. The van der Waals surface area contributed by atoms with Gasteiger partial charge >= 0.3 is 5.97 Å². The topological polar surface area (TPSA) is 35.5 Å². The molecule has 114 valence electrons. The van der Waals surface area contributed by atoms with Gasteiger partial charge in [0.25, 0.3) is 0 Å². The second-order valence-corrected chi connectivity index (χ2v) is 4.75. The van der Waals surface area contributed by atoms with E-state index in [1.807, 2.05) is 60.7 Å². The smallest absolute Gasteiger partial charge is 0.309 e. The summed E-state index contributed by atoms with van der Waals surface area (Å²) in [6, 6.07) is 17.8. The van der Waals surface area contributed by atoms with Gasteiger partial charge in [0.2, 0.25) is 0 Å². The maximum Gasteiger partial charge on any atom is 0.309 e. The molecule has 3 heteroatoms. The molecule has 2 aromatic rings. The van der Waals surface area contributed by atoms with Crippen LogP contribution in [0.15, 0.2) is 60.7 Å². The van der Waals surface area contributed by atoms with E-state index >= 15 is 0 Å². The number of esters is 1. The van der Waals surface area contributed by atoms with Crippen LogP contribution in [-0.2, 0) is 16.1 Å². The molecule has 2 aromatic carbocycles. The second kappa shape index (κ2) is 8.67. The van der Waals surface area contributed by atoms with Gasteiger partial charge in [0, 0.05) is 0 Å². The highest BCUT2D eigenvalue weighted by molar-refractivity contribution is 5.72. The van der Waals surface area contributed by atoms with Gasteiger partial charge in [-0.1, -0.05) is 54.6 Å². The zero-order valence-electron chi connectivity index (χ0n) is 12.7. The van der Waals surface area contributed by atoms with Crippen LogP contribution in [-0.4, -0.2) is 12.6 Å². The fourth-order valence-electron chi connectivity index (χ4n) is 1.93. The maximum absolute atomic E-state index is 11.2. The van der Waals surface area contributed by atoms with Gasteiger partial charge in [-0.05, 0) is 30.2 Å². The van der Waals surface area contributed by atoms with Crippen LogP contribution in [0.5, 0.6) is 5.75 Å². The number of carbonyl (C=O) groups excluding carboxylic acids is 1. The standard InChI is InChI=1S/C19H20O3/c1-2-21-19(20)10-6-9-16-11-13-18(14-12-16)22-15-17-7-4-3-5-8-17/h3-9,11-14H,2,10,15H2,1H3. The Morgan fingerprint density at radius 1 is 1.05 bits per heavy atom. The Kier molecular flexibility index (Phi) is 6.24. The van der Waals surface area contributed by atoms with Crippen LogP contribution in [0, 0.1) is 0 Å². The van der Waals surface area contributed by atoms with E-state index in [2.05, 4.69) is 0 Å². The molecule has 2 rings (SSSR count). The molecule has 3 nitrogen and oxygen atoms in total. The lowest BCUT2D eigenvalue weighted by atomic mass is 10.2. The molecule has 0 fully saturated rings. The molecular weight excluding hydrogens is 276 g/mol. The molecule has 0 spiro atoms. The third-order valence-corrected chi connectivity index (χ3v) is 3.03. The first kappa shape index (κ1) is 15.8. The summed E-state index contributed by atoms with van der Waals surface area (Å²) in [6.07, 6.45) is 4.00. The van der Waals surface area contributed by atoms with Crippen molar-refractivity contribution in [1.82, 2.24) is 0 Å². The van der Waals surface area contributed by atoms with E-state index in [1.54, 1.807) is 13.0 Å². The maximum atomic E-state index is 11.2. The lowest BCUT2D eigenvalue weighted by Gasteiger charge is -2.06. The molecule has 22 heavy (non-hydrogen) atoms. The summed E-state index contributed by atoms with van der Waals surface area (Å²) >= 11 is 0. The molecule has 0 radical (unpaired) electrons. The van der Waals surface area contributed by atoms with E-state index < -0.39 is 0 Å². The molecular formula is C19H20O3. The van der Waals surface area contributed by atoms with E-state index in [4.69, 9.17) is 9.47 Å². The van der Waals surface area contributed by atoms with Crippen LogP contribution < -0.4 is 4.74 Å². The number of hydrogen-bond donors (Lipinski definition) is 0. The van der Waals surface area contributed by atoms with Crippen molar-refractivity contribution in [3.8, 4) is 5.75 Å². The summed E-state index contributed by atoms with van der Waals surface area (Å²) < 4.78 is 10.6. The Morgan fingerprint density at radius 3 is 2.45 bits per heavy atom. The number of ether oxygens (including phenoxy) is 2. The summed E-state index contributed by atoms with van der Waals surface area (Å²) in [5, 5.41) is 0. The number of carbonyl (C=O) groups is 1. The Hall–Kier alpha value is -2.55. The van der Waals surface area contributed by atoms with E-state index in [-0.39, 0.29) is 5.97 Å². The van der Waals surface area contributed by atoms with E-state index in [1.165, 1.54) is 0 Å². The molecule has 0 aliphatic rings. The van der Waals surface area contributed by atoms with E-state index in [0.29, 0.717) is 19.6 Å². The van der Waals surface area contributed by atoms with E-state index in [9.17, 15) is 4.79 Å². The van der Waals surface area contributed by atoms with Gasteiger partial charge in [0.1, 0.15) is 12.4 Å². The predicted octanol–water partition coefficient (Wildman–Crippen LogP) is 4.23. The van der Waals surface area contributed by atoms with Crippen molar-refractivity contribution in [2.24, 2.45) is 0 Å². The van der Waals surface area contributed by atoms with Gasteiger partial charge in [-0.2, -0.15) is 0 Å². The van der Waals surface area contributed by atoms with Crippen molar-refractivity contribution in [3.05, 3.63) is 71.8 Å². The first-order valence-electron chi connectivity index (χ1n) is 7.37. The third-order valence-electron chi connectivity index (χ3n) is 3.03. The lowest BCUT2D eigenvalue weighted by molar-refractivity contribution is -0.142. The molecule has 0 aliphatic heterocycles. The first-order valence-corrected chi connectivity index (χ1v) is 7.37. The summed E-state index contributed by atoms with van der Waals surface area (Å²) in [6.45, 7) is 2.77. The molecule has 0 saturated carbocycles. The molecule has 0 heterocycles. The summed E-state index contributed by atoms with van der Waals surface area (Å²) in [5.41, 5.74) is 2.16. The Bertz CT molecular complexity index is 600. The average molecular weight is 296 g/mol. The van der Waals surface area contributed by atoms with E-state index in [0.717, 1.165) is 16.9 Å². The lowest BCUT2D eigenvalue weighted by Crippen LogP contribution is -2.01. The van der Waals surface area contributed by atoms with Crippen molar-refractivity contribution in [2.45, 2.75) is 20.0 Å². The van der Waals surface area contributed by atoms with Crippen LogP contribution in [0.2, 0.25) is 0 Å². The van der Waals surface area contributed by atoms with Gasteiger partial charge in [-0.3, -0.25) is 4.79 Å². The minimum absolute atomic E-state index is 0.207. The van der Waals surface area contributed by atoms with Crippen LogP contribution in [0.3, 0.4) is 0 Å². The molecule has 0 amide bonds. The van der Waals surface area contributed by atoms with Crippen LogP contribution >= 0.6 is 0 Å². The molecule has 0 N–H and O–H groups in total. The zero-order chi connectivity index (χ0) is 15.6. The Balaban J connectivity index is 1.82. The largest absolute Gasteiger partial charge is 0.489 e. The highest BCUT2D eigenvalue weighted by Crippen LogP contribution is 2.15. The van der Waals surface area contributed by atoms with Crippen LogP contribution in [0.1, 0.15) is 24.5 Å². The Morgan fingerprint density at radius 2 is 1.77 bits per heavy atom. The summed E-state index contributed by atoms with van der Waals surface area (Å²) in [7, 11) is 0. The SMILES string of the molecule is CCOC(=O)CC=Cc1ccc(OCc2ccccc2)cc1. The molecule has 0 unspecified atom stereocenters. The van der Waals surface area contributed by atoms with Crippen molar-refractivity contribution in [3.63, 3.8) is 0 Å².